The zero-order chi connectivity index (χ0) is 17.4. The lowest BCUT2D eigenvalue weighted by Crippen LogP contribution is -2.24. The quantitative estimate of drug-likeness (QED) is 0.850. The Morgan fingerprint density at radius 1 is 1.25 bits per heavy atom. The molecule has 0 aliphatic heterocycles. The molecule has 124 valence electrons. The van der Waals surface area contributed by atoms with Crippen molar-refractivity contribution in [2.75, 3.05) is 26.0 Å². The average molecular weight is 323 g/mol. The SMILES string of the molecule is COc1cccc(NC(=O)CCN(C)Cc2ccc(C#N)cc2)c1. The van der Waals surface area contributed by atoms with Gasteiger partial charge in [-0.2, -0.15) is 5.26 Å². The lowest BCUT2D eigenvalue weighted by molar-refractivity contribution is -0.116. The fourth-order valence-electron chi connectivity index (χ4n) is 2.29. The molecule has 2 aromatic carbocycles. The highest BCUT2D eigenvalue weighted by Gasteiger charge is 2.06. The molecular weight excluding hydrogens is 302 g/mol. The first-order valence-electron chi connectivity index (χ1n) is 7.72. The summed E-state index contributed by atoms with van der Waals surface area (Å²) in [6.45, 7) is 1.38. The van der Waals surface area contributed by atoms with Crippen LogP contribution < -0.4 is 10.1 Å². The summed E-state index contributed by atoms with van der Waals surface area (Å²) in [5.41, 5.74) is 2.50. The third-order valence-electron chi connectivity index (χ3n) is 3.61. The Hall–Kier alpha value is -2.84. The molecule has 5 nitrogen and oxygen atoms in total. The van der Waals surface area contributed by atoms with Crippen LogP contribution in [0, 0.1) is 11.3 Å². The number of carbonyl (C=O) groups excluding carboxylic acids is 1. The second kappa shape index (κ2) is 8.70. The number of methoxy groups -OCH3 is 1. The van der Waals surface area contributed by atoms with Gasteiger partial charge < -0.3 is 15.0 Å². The van der Waals surface area contributed by atoms with Gasteiger partial charge in [0.05, 0.1) is 18.7 Å². The number of nitrogens with one attached hydrogen (secondary N) is 1. The molecule has 0 aromatic heterocycles. The third kappa shape index (κ3) is 5.41. The van der Waals surface area contributed by atoms with Gasteiger partial charge in [-0.1, -0.05) is 18.2 Å². The molecule has 0 spiro atoms. The summed E-state index contributed by atoms with van der Waals surface area (Å²) in [7, 11) is 3.57. The monoisotopic (exact) mass is 323 g/mol. The van der Waals surface area contributed by atoms with E-state index < -0.39 is 0 Å². The molecular formula is C19H21N3O2. The maximum atomic E-state index is 12.0. The molecule has 0 radical (unpaired) electrons. The molecule has 0 atom stereocenters. The summed E-state index contributed by atoms with van der Waals surface area (Å²) in [5.74, 6) is 0.681. The fraction of sp³-hybridized carbons (Fsp3) is 0.263. The zero-order valence-corrected chi connectivity index (χ0v) is 14.0. The highest BCUT2D eigenvalue weighted by atomic mass is 16.5. The minimum Gasteiger partial charge on any atom is -0.497 e. The number of ether oxygens (including phenoxy) is 1. The predicted octanol–water partition coefficient (Wildman–Crippen LogP) is 3.03. The Labute approximate surface area is 142 Å². The Morgan fingerprint density at radius 3 is 2.67 bits per heavy atom. The van der Waals surface area contributed by atoms with E-state index in [0.717, 1.165) is 17.8 Å². The highest BCUT2D eigenvalue weighted by Crippen LogP contribution is 2.16. The molecule has 0 bridgehead atoms. The van der Waals surface area contributed by atoms with Crippen LogP contribution >= 0.6 is 0 Å². The van der Waals surface area contributed by atoms with E-state index in [4.69, 9.17) is 10.00 Å². The van der Waals surface area contributed by atoms with Gasteiger partial charge in [-0.15, -0.1) is 0 Å². The Balaban J connectivity index is 1.78. The molecule has 0 unspecified atom stereocenters. The molecule has 0 saturated carbocycles. The number of anilines is 1. The molecule has 2 aromatic rings. The molecule has 5 heteroatoms. The van der Waals surface area contributed by atoms with Crippen LogP contribution in [0.15, 0.2) is 48.5 Å². The molecule has 0 heterocycles. The second-order valence-electron chi connectivity index (χ2n) is 5.58. The first-order valence-corrected chi connectivity index (χ1v) is 7.72. The predicted molar refractivity (Wildman–Crippen MR) is 93.7 cm³/mol. The maximum Gasteiger partial charge on any atom is 0.225 e. The van der Waals surface area contributed by atoms with Crippen molar-refractivity contribution in [1.29, 1.82) is 5.26 Å². The van der Waals surface area contributed by atoms with E-state index in [-0.39, 0.29) is 5.91 Å². The summed E-state index contributed by atoms with van der Waals surface area (Å²) in [4.78, 5) is 14.1. The summed E-state index contributed by atoms with van der Waals surface area (Å²) < 4.78 is 5.14. The number of hydrogen-bond donors (Lipinski definition) is 1. The molecule has 1 amide bonds. The van der Waals surface area contributed by atoms with E-state index in [1.54, 1.807) is 25.3 Å². The van der Waals surface area contributed by atoms with Gasteiger partial charge in [0.1, 0.15) is 5.75 Å². The summed E-state index contributed by atoms with van der Waals surface area (Å²) in [5, 5.41) is 11.7. The van der Waals surface area contributed by atoms with E-state index in [1.165, 1.54) is 0 Å². The standard InChI is InChI=1S/C19H21N3O2/c1-22(14-16-8-6-15(13-20)7-9-16)11-10-19(23)21-17-4-3-5-18(12-17)24-2/h3-9,12H,10-11,14H2,1-2H3,(H,21,23). The fourth-order valence-corrected chi connectivity index (χ4v) is 2.29. The Bertz CT molecular complexity index is 720. The second-order valence-corrected chi connectivity index (χ2v) is 5.58. The van der Waals surface area contributed by atoms with Gasteiger partial charge in [-0.05, 0) is 36.9 Å². The van der Waals surface area contributed by atoms with Crippen LogP contribution in [0.5, 0.6) is 5.75 Å². The molecule has 24 heavy (non-hydrogen) atoms. The first-order chi connectivity index (χ1) is 11.6. The number of nitrogens with zero attached hydrogens (tertiary/aromatic N) is 2. The van der Waals surface area contributed by atoms with Crippen molar-refractivity contribution in [2.45, 2.75) is 13.0 Å². The highest BCUT2D eigenvalue weighted by molar-refractivity contribution is 5.91. The minimum absolute atomic E-state index is 0.0325. The van der Waals surface area contributed by atoms with E-state index in [1.807, 2.05) is 37.4 Å². The van der Waals surface area contributed by atoms with Gasteiger partial charge in [-0.25, -0.2) is 0 Å². The van der Waals surface area contributed by atoms with Crippen LogP contribution in [-0.4, -0.2) is 31.5 Å². The topological polar surface area (TPSA) is 65.4 Å². The average Bonchev–Trinajstić information content (AvgIpc) is 2.61. The number of rotatable bonds is 7. The summed E-state index contributed by atoms with van der Waals surface area (Å²) >= 11 is 0. The first kappa shape index (κ1) is 17.5. The molecule has 0 fully saturated rings. The van der Waals surface area contributed by atoms with Crippen LogP contribution in [0.25, 0.3) is 0 Å². The van der Waals surface area contributed by atoms with Gasteiger partial charge in [0.15, 0.2) is 0 Å². The smallest absolute Gasteiger partial charge is 0.225 e. The number of hydrogen-bond acceptors (Lipinski definition) is 4. The van der Waals surface area contributed by atoms with Gasteiger partial charge in [0, 0.05) is 31.3 Å². The summed E-state index contributed by atoms with van der Waals surface area (Å²) in [6, 6.07) is 16.9. The number of nitriles is 1. The minimum atomic E-state index is -0.0325. The van der Waals surface area contributed by atoms with E-state index in [0.29, 0.717) is 24.3 Å². The maximum absolute atomic E-state index is 12.0. The van der Waals surface area contributed by atoms with Gasteiger partial charge in [-0.3, -0.25) is 4.79 Å². The van der Waals surface area contributed by atoms with Crippen LogP contribution in [0.4, 0.5) is 5.69 Å². The van der Waals surface area contributed by atoms with Crippen molar-refractivity contribution < 1.29 is 9.53 Å². The molecule has 1 N–H and O–H groups in total. The van der Waals surface area contributed by atoms with Crippen LogP contribution in [0.1, 0.15) is 17.5 Å². The molecule has 0 aliphatic carbocycles. The van der Waals surface area contributed by atoms with Crippen molar-refractivity contribution >= 4 is 11.6 Å². The van der Waals surface area contributed by atoms with Crippen molar-refractivity contribution in [3.63, 3.8) is 0 Å². The van der Waals surface area contributed by atoms with E-state index >= 15 is 0 Å². The van der Waals surface area contributed by atoms with Gasteiger partial charge in [0.2, 0.25) is 5.91 Å². The van der Waals surface area contributed by atoms with Crippen molar-refractivity contribution in [2.24, 2.45) is 0 Å². The normalized spacial score (nSPS) is 10.2. The zero-order valence-electron chi connectivity index (χ0n) is 14.0. The molecule has 2 rings (SSSR count). The molecule has 0 saturated heterocycles. The lowest BCUT2D eigenvalue weighted by atomic mass is 10.1. The van der Waals surface area contributed by atoms with Crippen LogP contribution in [0.3, 0.4) is 0 Å². The van der Waals surface area contributed by atoms with Crippen molar-refractivity contribution in [1.82, 2.24) is 4.90 Å². The van der Waals surface area contributed by atoms with E-state index in [2.05, 4.69) is 16.3 Å². The Morgan fingerprint density at radius 2 is 2.00 bits per heavy atom. The van der Waals surface area contributed by atoms with Crippen molar-refractivity contribution in [3.05, 3.63) is 59.7 Å². The third-order valence-corrected chi connectivity index (χ3v) is 3.61. The lowest BCUT2D eigenvalue weighted by Gasteiger charge is -2.16. The van der Waals surface area contributed by atoms with Gasteiger partial charge in [0.25, 0.3) is 0 Å². The number of carbonyl (C=O) groups is 1. The molecule has 0 aliphatic rings. The largest absolute Gasteiger partial charge is 0.497 e. The number of benzene rings is 2. The Kier molecular flexibility index (Phi) is 6.35. The van der Waals surface area contributed by atoms with Crippen LogP contribution in [-0.2, 0) is 11.3 Å². The van der Waals surface area contributed by atoms with Crippen LogP contribution in [0.2, 0.25) is 0 Å². The van der Waals surface area contributed by atoms with E-state index in [9.17, 15) is 4.79 Å². The number of amides is 1. The summed E-state index contributed by atoms with van der Waals surface area (Å²) in [6.07, 6.45) is 0.407. The van der Waals surface area contributed by atoms with Gasteiger partial charge >= 0.3 is 0 Å². The van der Waals surface area contributed by atoms with Crippen molar-refractivity contribution in [3.8, 4) is 11.8 Å².